The van der Waals surface area contributed by atoms with Crippen molar-refractivity contribution < 1.29 is 5.11 Å². The number of aliphatic hydroxyl groups excluding tert-OH is 1. The van der Waals surface area contributed by atoms with Crippen LogP contribution in [0.4, 0.5) is 0 Å². The maximum atomic E-state index is 9.18. The normalized spacial score (nSPS) is 13.2. The second kappa shape index (κ2) is 8.57. The smallest absolute Gasteiger partial charge is 0.0558 e. The Bertz CT molecular complexity index is 316. The number of aliphatic hydroxyl groups is 1. The molecule has 1 atom stereocenters. The van der Waals surface area contributed by atoms with Crippen molar-refractivity contribution >= 4 is 12.6 Å². The van der Waals surface area contributed by atoms with Gasteiger partial charge in [-0.1, -0.05) is 44.2 Å². The molecule has 0 radical (unpaired) electrons. The third-order valence-corrected chi connectivity index (χ3v) is 3.80. The minimum absolute atomic E-state index is 0.213. The zero-order chi connectivity index (χ0) is 13.4. The Balaban J connectivity index is 2.59. The molecular formula is C15H25NOS. The Morgan fingerprint density at radius 3 is 2.39 bits per heavy atom. The topological polar surface area (TPSA) is 23.5 Å². The minimum Gasteiger partial charge on any atom is -0.395 e. The summed E-state index contributed by atoms with van der Waals surface area (Å²) in [7, 11) is 0. The summed E-state index contributed by atoms with van der Waals surface area (Å²) in [5.41, 5.74) is 1.30. The molecular weight excluding hydrogens is 242 g/mol. The van der Waals surface area contributed by atoms with Crippen molar-refractivity contribution in [2.45, 2.75) is 20.4 Å². The fourth-order valence-electron chi connectivity index (χ4n) is 2.03. The number of hydrogen-bond donors (Lipinski definition) is 2. The molecule has 0 saturated carbocycles. The summed E-state index contributed by atoms with van der Waals surface area (Å²) < 4.78 is 0. The van der Waals surface area contributed by atoms with Crippen LogP contribution in [0.3, 0.4) is 0 Å². The van der Waals surface area contributed by atoms with E-state index < -0.39 is 0 Å². The second-order valence-corrected chi connectivity index (χ2v) is 5.50. The molecule has 0 spiro atoms. The summed E-state index contributed by atoms with van der Waals surface area (Å²) in [6, 6.07) is 10.4. The molecule has 2 nitrogen and oxygen atoms in total. The standard InChI is InChI=1S/C15H25NOS/c1-13(2)15(12-18)11-16(8-9-17)10-14-6-4-3-5-7-14/h3-7,13,15,17-18H,8-12H2,1-2H3. The lowest BCUT2D eigenvalue weighted by Crippen LogP contribution is -2.34. The van der Waals surface area contributed by atoms with Crippen LogP contribution in [-0.4, -0.2) is 35.5 Å². The Hall–Kier alpha value is -0.510. The summed E-state index contributed by atoms with van der Waals surface area (Å²) in [5, 5.41) is 9.18. The molecule has 0 aromatic heterocycles. The first-order chi connectivity index (χ1) is 8.67. The van der Waals surface area contributed by atoms with Gasteiger partial charge in [0.25, 0.3) is 0 Å². The number of benzene rings is 1. The molecule has 1 N–H and O–H groups in total. The second-order valence-electron chi connectivity index (χ2n) is 5.13. The molecule has 102 valence electrons. The highest BCUT2D eigenvalue weighted by molar-refractivity contribution is 7.80. The minimum atomic E-state index is 0.213. The first kappa shape index (κ1) is 15.5. The summed E-state index contributed by atoms with van der Waals surface area (Å²) >= 11 is 4.43. The maximum Gasteiger partial charge on any atom is 0.0558 e. The van der Waals surface area contributed by atoms with E-state index in [-0.39, 0.29) is 6.61 Å². The zero-order valence-electron chi connectivity index (χ0n) is 11.4. The SMILES string of the molecule is CC(C)C(CS)CN(CCO)Cc1ccccc1. The summed E-state index contributed by atoms with van der Waals surface area (Å²) in [4.78, 5) is 2.32. The van der Waals surface area contributed by atoms with Crippen LogP contribution in [0.1, 0.15) is 19.4 Å². The molecule has 0 aliphatic heterocycles. The van der Waals surface area contributed by atoms with Gasteiger partial charge in [0.1, 0.15) is 0 Å². The van der Waals surface area contributed by atoms with Gasteiger partial charge in [-0.15, -0.1) is 0 Å². The van der Waals surface area contributed by atoms with Gasteiger partial charge < -0.3 is 5.11 Å². The van der Waals surface area contributed by atoms with Crippen molar-refractivity contribution in [3.05, 3.63) is 35.9 Å². The van der Waals surface area contributed by atoms with Gasteiger partial charge in [0.05, 0.1) is 6.61 Å². The molecule has 18 heavy (non-hydrogen) atoms. The van der Waals surface area contributed by atoms with Crippen molar-refractivity contribution in [1.82, 2.24) is 4.90 Å². The summed E-state index contributed by atoms with van der Waals surface area (Å²) in [6.07, 6.45) is 0. The molecule has 3 heteroatoms. The molecule has 0 aliphatic carbocycles. The predicted octanol–water partition coefficient (Wildman–Crippen LogP) is 2.68. The third-order valence-electron chi connectivity index (χ3n) is 3.34. The Morgan fingerprint density at radius 2 is 1.89 bits per heavy atom. The number of thiol groups is 1. The van der Waals surface area contributed by atoms with E-state index in [2.05, 4.69) is 55.6 Å². The molecule has 0 aliphatic rings. The van der Waals surface area contributed by atoms with Gasteiger partial charge in [-0.05, 0) is 23.2 Å². The van der Waals surface area contributed by atoms with E-state index in [1.54, 1.807) is 0 Å². The molecule has 1 aromatic rings. The van der Waals surface area contributed by atoms with Gasteiger partial charge in [-0.3, -0.25) is 4.90 Å². The van der Waals surface area contributed by atoms with Crippen molar-refractivity contribution in [1.29, 1.82) is 0 Å². The fourth-order valence-corrected chi connectivity index (χ4v) is 2.57. The largest absolute Gasteiger partial charge is 0.395 e. The van der Waals surface area contributed by atoms with Gasteiger partial charge in [0.15, 0.2) is 0 Å². The van der Waals surface area contributed by atoms with E-state index in [1.807, 2.05) is 6.07 Å². The highest BCUT2D eigenvalue weighted by Crippen LogP contribution is 2.16. The Labute approximate surface area is 116 Å². The van der Waals surface area contributed by atoms with Crippen LogP contribution >= 0.6 is 12.6 Å². The maximum absolute atomic E-state index is 9.18. The number of rotatable bonds is 8. The van der Waals surface area contributed by atoms with Crippen LogP contribution in [-0.2, 0) is 6.54 Å². The third kappa shape index (κ3) is 5.42. The first-order valence-corrected chi connectivity index (χ1v) is 7.28. The van der Waals surface area contributed by atoms with Crippen LogP contribution in [0, 0.1) is 11.8 Å². The molecule has 0 saturated heterocycles. The molecule has 1 aromatic carbocycles. The summed E-state index contributed by atoms with van der Waals surface area (Å²) in [6.45, 7) is 7.31. The fraction of sp³-hybridized carbons (Fsp3) is 0.600. The monoisotopic (exact) mass is 267 g/mol. The lowest BCUT2D eigenvalue weighted by atomic mass is 9.97. The number of nitrogens with zero attached hydrogens (tertiary/aromatic N) is 1. The molecule has 1 unspecified atom stereocenters. The Kier molecular flexibility index (Phi) is 7.40. The van der Waals surface area contributed by atoms with Crippen LogP contribution < -0.4 is 0 Å². The van der Waals surface area contributed by atoms with E-state index >= 15 is 0 Å². The number of hydrogen-bond acceptors (Lipinski definition) is 3. The van der Waals surface area contributed by atoms with E-state index in [4.69, 9.17) is 0 Å². The zero-order valence-corrected chi connectivity index (χ0v) is 12.3. The van der Waals surface area contributed by atoms with E-state index in [0.29, 0.717) is 11.8 Å². The lowest BCUT2D eigenvalue weighted by molar-refractivity contribution is 0.161. The highest BCUT2D eigenvalue weighted by Gasteiger charge is 2.16. The van der Waals surface area contributed by atoms with Crippen LogP contribution in [0.25, 0.3) is 0 Å². The van der Waals surface area contributed by atoms with E-state index in [9.17, 15) is 5.11 Å². The molecule has 0 fully saturated rings. The van der Waals surface area contributed by atoms with Crippen molar-refractivity contribution in [3.63, 3.8) is 0 Å². The predicted molar refractivity (Wildman–Crippen MR) is 81.0 cm³/mol. The molecule has 0 bridgehead atoms. The van der Waals surface area contributed by atoms with Gasteiger partial charge in [-0.2, -0.15) is 12.6 Å². The van der Waals surface area contributed by atoms with E-state index in [1.165, 1.54) is 5.56 Å². The van der Waals surface area contributed by atoms with Crippen molar-refractivity contribution in [3.8, 4) is 0 Å². The highest BCUT2D eigenvalue weighted by atomic mass is 32.1. The van der Waals surface area contributed by atoms with Crippen molar-refractivity contribution in [2.24, 2.45) is 11.8 Å². The van der Waals surface area contributed by atoms with Crippen LogP contribution in [0.2, 0.25) is 0 Å². The van der Waals surface area contributed by atoms with Gasteiger partial charge in [0.2, 0.25) is 0 Å². The van der Waals surface area contributed by atoms with Gasteiger partial charge >= 0.3 is 0 Å². The average Bonchev–Trinajstić information content (AvgIpc) is 2.36. The van der Waals surface area contributed by atoms with Crippen molar-refractivity contribution in [2.75, 3.05) is 25.4 Å². The molecule has 0 heterocycles. The average molecular weight is 267 g/mol. The molecule has 0 amide bonds. The molecule has 1 rings (SSSR count). The Morgan fingerprint density at radius 1 is 1.22 bits per heavy atom. The quantitative estimate of drug-likeness (QED) is 0.708. The van der Waals surface area contributed by atoms with Gasteiger partial charge in [0, 0.05) is 19.6 Å². The first-order valence-electron chi connectivity index (χ1n) is 6.65. The van der Waals surface area contributed by atoms with Crippen LogP contribution in [0.15, 0.2) is 30.3 Å². The van der Waals surface area contributed by atoms with Gasteiger partial charge in [-0.25, -0.2) is 0 Å². The summed E-state index contributed by atoms with van der Waals surface area (Å²) in [5.74, 6) is 2.09. The lowest BCUT2D eigenvalue weighted by Gasteiger charge is -2.28. The van der Waals surface area contributed by atoms with E-state index in [0.717, 1.165) is 25.4 Å². The van der Waals surface area contributed by atoms with Crippen LogP contribution in [0.5, 0.6) is 0 Å².